The molecule has 0 aliphatic rings. The first-order valence-electron chi connectivity index (χ1n) is 5.61. The lowest BCUT2D eigenvalue weighted by molar-refractivity contribution is 0.103. The van der Waals surface area contributed by atoms with Crippen LogP contribution in [0.4, 0.5) is 0 Å². The van der Waals surface area contributed by atoms with Crippen LogP contribution in [0, 0.1) is 0 Å². The van der Waals surface area contributed by atoms with Crippen molar-refractivity contribution in [1.29, 1.82) is 0 Å². The first kappa shape index (κ1) is 11.8. The minimum absolute atomic E-state index is 0.0441. The Bertz CT molecular complexity index is 512. The van der Waals surface area contributed by atoms with Crippen molar-refractivity contribution < 1.29 is 4.79 Å². The molecule has 0 aliphatic heterocycles. The van der Waals surface area contributed by atoms with Gasteiger partial charge in [-0.3, -0.25) is 4.79 Å². The highest BCUT2D eigenvalue weighted by molar-refractivity contribution is 7.80. The molecule has 0 atom stereocenters. The Balaban J connectivity index is 2.27. The number of carbonyl (C=O) groups is 1. The molecule has 0 heterocycles. The Morgan fingerprint density at radius 2 is 1.41 bits per heavy atom. The lowest BCUT2D eigenvalue weighted by Crippen LogP contribution is -2.00. The van der Waals surface area contributed by atoms with Gasteiger partial charge in [0.1, 0.15) is 0 Å². The van der Waals surface area contributed by atoms with Gasteiger partial charge in [-0.05, 0) is 36.2 Å². The van der Waals surface area contributed by atoms with Crippen LogP contribution in [-0.2, 0) is 6.42 Å². The van der Waals surface area contributed by atoms with E-state index in [1.165, 1.54) is 5.56 Å². The summed E-state index contributed by atoms with van der Waals surface area (Å²) in [7, 11) is 0. The second-order valence-corrected chi connectivity index (χ2v) is 4.38. The predicted molar refractivity (Wildman–Crippen MR) is 71.6 cm³/mol. The Morgan fingerprint density at radius 1 is 0.941 bits per heavy atom. The number of rotatable bonds is 3. The standard InChI is InChI=1S/C15H13OS/c1-2-11-3-5-12(6-4-11)15(16)13-7-9-14(17)10-8-13/h3-10H,2H2,1H3. The van der Waals surface area contributed by atoms with Gasteiger partial charge in [0.25, 0.3) is 0 Å². The van der Waals surface area contributed by atoms with E-state index in [4.69, 9.17) is 12.6 Å². The maximum absolute atomic E-state index is 12.1. The zero-order valence-corrected chi connectivity index (χ0v) is 10.5. The zero-order chi connectivity index (χ0) is 12.3. The van der Waals surface area contributed by atoms with E-state index in [2.05, 4.69) is 6.92 Å². The molecule has 1 nitrogen and oxygen atoms in total. The molecule has 0 spiro atoms. The van der Waals surface area contributed by atoms with E-state index in [1.54, 1.807) is 24.3 Å². The van der Waals surface area contributed by atoms with Gasteiger partial charge >= 0.3 is 0 Å². The largest absolute Gasteiger partial charge is 0.289 e. The molecule has 0 aromatic heterocycles. The van der Waals surface area contributed by atoms with Crippen molar-refractivity contribution in [2.75, 3.05) is 0 Å². The predicted octanol–water partition coefficient (Wildman–Crippen LogP) is 4.04. The van der Waals surface area contributed by atoms with Crippen molar-refractivity contribution in [2.45, 2.75) is 18.2 Å². The third-order valence-electron chi connectivity index (χ3n) is 2.74. The molecule has 0 N–H and O–H groups in total. The summed E-state index contributed by atoms with van der Waals surface area (Å²) >= 11 is 5.00. The molecular formula is C15H13OS. The monoisotopic (exact) mass is 241 g/mol. The lowest BCUT2D eigenvalue weighted by atomic mass is 10.0. The summed E-state index contributed by atoms with van der Waals surface area (Å²) in [4.78, 5) is 12.9. The second kappa shape index (κ2) is 5.11. The summed E-state index contributed by atoms with van der Waals surface area (Å²) in [6.07, 6.45) is 0.985. The van der Waals surface area contributed by atoms with E-state index < -0.39 is 0 Å². The average Bonchev–Trinajstić information content (AvgIpc) is 2.39. The zero-order valence-electron chi connectivity index (χ0n) is 9.64. The summed E-state index contributed by atoms with van der Waals surface area (Å²) in [5.74, 6) is 0.0441. The molecule has 0 fully saturated rings. The molecule has 0 aliphatic carbocycles. The number of carbonyl (C=O) groups excluding carboxylic acids is 1. The molecule has 1 radical (unpaired) electrons. The average molecular weight is 241 g/mol. The van der Waals surface area contributed by atoms with Crippen molar-refractivity contribution in [3.8, 4) is 0 Å². The van der Waals surface area contributed by atoms with Gasteiger partial charge in [-0.25, -0.2) is 0 Å². The molecule has 0 saturated heterocycles. The van der Waals surface area contributed by atoms with E-state index in [1.807, 2.05) is 24.3 Å². The summed E-state index contributed by atoms with van der Waals surface area (Å²) in [5, 5.41) is 0. The van der Waals surface area contributed by atoms with E-state index in [0.29, 0.717) is 5.56 Å². The SMILES string of the molecule is CCc1ccc(C(=O)c2ccc([S])cc2)cc1. The highest BCUT2D eigenvalue weighted by atomic mass is 32.1. The summed E-state index contributed by atoms with van der Waals surface area (Å²) < 4.78 is 0. The highest BCUT2D eigenvalue weighted by Gasteiger charge is 2.08. The smallest absolute Gasteiger partial charge is 0.193 e. The van der Waals surface area contributed by atoms with Crippen molar-refractivity contribution >= 4 is 18.4 Å². The van der Waals surface area contributed by atoms with Gasteiger partial charge in [0.2, 0.25) is 0 Å². The Kier molecular flexibility index (Phi) is 3.55. The summed E-state index contributed by atoms with van der Waals surface area (Å²) in [5.41, 5.74) is 2.64. The third kappa shape index (κ3) is 2.71. The summed E-state index contributed by atoms with van der Waals surface area (Å²) in [6, 6.07) is 14.9. The second-order valence-electron chi connectivity index (χ2n) is 3.90. The van der Waals surface area contributed by atoms with Crippen molar-refractivity contribution in [2.24, 2.45) is 0 Å². The topological polar surface area (TPSA) is 17.1 Å². The first-order valence-corrected chi connectivity index (χ1v) is 6.02. The van der Waals surface area contributed by atoms with E-state index >= 15 is 0 Å². The van der Waals surface area contributed by atoms with Gasteiger partial charge in [0, 0.05) is 16.0 Å². The molecule has 2 rings (SSSR count). The van der Waals surface area contributed by atoms with Crippen LogP contribution < -0.4 is 0 Å². The van der Waals surface area contributed by atoms with Gasteiger partial charge < -0.3 is 0 Å². The van der Waals surface area contributed by atoms with Crippen LogP contribution in [0.25, 0.3) is 0 Å². The van der Waals surface area contributed by atoms with Crippen LogP contribution in [0.1, 0.15) is 28.4 Å². The highest BCUT2D eigenvalue weighted by Crippen LogP contribution is 2.13. The number of hydrogen-bond acceptors (Lipinski definition) is 1. The van der Waals surface area contributed by atoms with Gasteiger partial charge in [0.15, 0.2) is 5.78 Å². The molecule has 17 heavy (non-hydrogen) atoms. The van der Waals surface area contributed by atoms with Crippen molar-refractivity contribution in [1.82, 2.24) is 0 Å². The van der Waals surface area contributed by atoms with E-state index in [0.717, 1.165) is 16.9 Å². The van der Waals surface area contributed by atoms with Crippen LogP contribution in [-0.4, -0.2) is 5.78 Å². The van der Waals surface area contributed by atoms with Crippen LogP contribution in [0.3, 0.4) is 0 Å². The van der Waals surface area contributed by atoms with Gasteiger partial charge in [-0.15, -0.1) is 0 Å². The van der Waals surface area contributed by atoms with Gasteiger partial charge in [0.05, 0.1) is 0 Å². The Morgan fingerprint density at radius 3 is 1.88 bits per heavy atom. The number of hydrogen-bond donors (Lipinski definition) is 0. The minimum Gasteiger partial charge on any atom is -0.289 e. The van der Waals surface area contributed by atoms with Gasteiger partial charge in [-0.1, -0.05) is 43.8 Å². The Labute approximate surface area is 107 Å². The van der Waals surface area contributed by atoms with Crippen LogP contribution in [0.15, 0.2) is 53.4 Å². The fraction of sp³-hybridized carbons (Fsp3) is 0.133. The molecule has 0 saturated carbocycles. The molecule has 0 bridgehead atoms. The number of ketones is 1. The fourth-order valence-corrected chi connectivity index (χ4v) is 1.80. The Hall–Kier alpha value is -1.67. The number of benzene rings is 2. The lowest BCUT2D eigenvalue weighted by Gasteiger charge is -2.02. The fourth-order valence-electron chi connectivity index (χ4n) is 1.66. The maximum Gasteiger partial charge on any atom is 0.193 e. The summed E-state index contributed by atoms with van der Waals surface area (Å²) in [6.45, 7) is 2.10. The normalized spacial score (nSPS) is 10.2. The van der Waals surface area contributed by atoms with Crippen molar-refractivity contribution in [3.63, 3.8) is 0 Å². The maximum atomic E-state index is 12.1. The van der Waals surface area contributed by atoms with Gasteiger partial charge in [-0.2, -0.15) is 0 Å². The molecular weight excluding hydrogens is 228 g/mol. The molecule has 2 heteroatoms. The van der Waals surface area contributed by atoms with Crippen molar-refractivity contribution in [3.05, 3.63) is 65.2 Å². The van der Waals surface area contributed by atoms with E-state index in [-0.39, 0.29) is 5.78 Å². The van der Waals surface area contributed by atoms with Crippen LogP contribution in [0.5, 0.6) is 0 Å². The van der Waals surface area contributed by atoms with E-state index in [9.17, 15) is 4.79 Å². The van der Waals surface area contributed by atoms with Crippen LogP contribution in [0.2, 0.25) is 0 Å². The molecule has 0 amide bonds. The quantitative estimate of drug-likeness (QED) is 0.741. The molecule has 0 unspecified atom stereocenters. The van der Waals surface area contributed by atoms with Crippen LogP contribution >= 0.6 is 12.6 Å². The number of aryl methyl sites for hydroxylation is 1. The molecule has 2 aromatic rings. The molecule has 85 valence electrons. The first-order chi connectivity index (χ1) is 8.20. The minimum atomic E-state index is 0.0441. The molecule has 2 aromatic carbocycles. The third-order valence-corrected chi connectivity index (χ3v) is 3.01.